The van der Waals surface area contributed by atoms with Gasteiger partial charge in [0.2, 0.25) is 0 Å². The lowest BCUT2D eigenvalue weighted by Gasteiger charge is -2.12. The van der Waals surface area contributed by atoms with E-state index in [1.807, 2.05) is 0 Å². The van der Waals surface area contributed by atoms with Crippen LogP contribution in [0.2, 0.25) is 0 Å². The van der Waals surface area contributed by atoms with Gasteiger partial charge < -0.3 is 0 Å². The number of rotatable bonds is 5. The van der Waals surface area contributed by atoms with Gasteiger partial charge in [-0.15, -0.1) is 0 Å². The molecule has 0 aromatic rings. The molecular weight excluding hydrogens is 192 g/mol. The maximum atomic E-state index is 10.3. The average molecular weight is 206 g/mol. The van der Waals surface area contributed by atoms with E-state index in [0.29, 0.717) is 13.0 Å². The second-order valence-electron chi connectivity index (χ2n) is 3.24. The highest BCUT2D eigenvalue weighted by atomic mass is 32.2. The van der Waals surface area contributed by atoms with Gasteiger partial charge in [-0.1, -0.05) is 0 Å². The highest BCUT2D eigenvalue weighted by Gasteiger charge is 2.20. The molecule has 6 heteroatoms. The molecule has 0 aliphatic rings. The summed E-state index contributed by atoms with van der Waals surface area (Å²) >= 11 is 0. The molecule has 0 radical (unpaired) electrons. The molecule has 5 nitrogen and oxygen atoms in total. The van der Waals surface area contributed by atoms with Crippen molar-refractivity contribution in [2.24, 2.45) is 0 Å². The van der Waals surface area contributed by atoms with Crippen LogP contribution in [0.25, 0.3) is 4.85 Å². The summed E-state index contributed by atoms with van der Waals surface area (Å²) in [6.45, 7) is 10.6. The topological polar surface area (TPSA) is 70.8 Å². The Labute approximate surface area is 78.7 Å². The predicted molar refractivity (Wildman–Crippen MR) is 49.7 cm³/mol. The number of nitrogens with zero attached hydrogens (tertiary/aromatic N) is 1. The summed E-state index contributed by atoms with van der Waals surface area (Å²) in [6.07, 6.45) is 0.303. The van der Waals surface area contributed by atoms with Crippen molar-refractivity contribution in [3.63, 3.8) is 0 Å². The number of hydrogen-bond donors (Lipinski definition) is 2. The molecule has 0 rings (SSSR count). The van der Waals surface area contributed by atoms with E-state index in [4.69, 9.17) is 11.1 Å². The van der Waals surface area contributed by atoms with Gasteiger partial charge in [0, 0.05) is 20.4 Å². The standard InChI is InChI=1S/C7H14N2O3S/c1-7(2,8-3)9-5-4-6-13(10,11)12/h9H,4-6H2,1-2H3,(H,10,11,12). The van der Waals surface area contributed by atoms with Crippen LogP contribution in [0.1, 0.15) is 20.3 Å². The van der Waals surface area contributed by atoms with Crippen LogP contribution in [0.3, 0.4) is 0 Å². The van der Waals surface area contributed by atoms with E-state index < -0.39 is 15.8 Å². The van der Waals surface area contributed by atoms with Crippen molar-refractivity contribution >= 4 is 10.1 Å². The lowest BCUT2D eigenvalue weighted by Crippen LogP contribution is -2.36. The third kappa shape index (κ3) is 7.71. The third-order valence-corrected chi connectivity index (χ3v) is 2.22. The van der Waals surface area contributed by atoms with E-state index in [1.54, 1.807) is 13.8 Å². The predicted octanol–water partition coefficient (Wildman–Crippen LogP) is 0.509. The van der Waals surface area contributed by atoms with Crippen molar-refractivity contribution in [1.29, 1.82) is 0 Å². The van der Waals surface area contributed by atoms with E-state index in [0.717, 1.165) is 0 Å². The van der Waals surface area contributed by atoms with Gasteiger partial charge in [0.25, 0.3) is 15.8 Å². The fraction of sp³-hybridized carbons (Fsp3) is 0.857. The molecule has 0 heterocycles. The summed E-state index contributed by atoms with van der Waals surface area (Å²) in [5.74, 6) is -0.270. The average Bonchev–Trinajstić information content (AvgIpc) is 1.97. The zero-order chi connectivity index (χ0) is 10.5. The van der Waals surface area contributed by atoms with Crippen LogP contribution in [0.5, 0.6) is 0 Å². The highest BCUT2D eigenvalue weighted by molar-refractivity contribution is 7.85. The quantitative estimate of drug-likeness (QED) is 0.390. The Morgan fingerprint density at radius 3 is 2.46 bits per heavy atom. The summed E-state index contributed by atoms with van der Waals surface area (Å²) in [4.78, 5) is 3.28. The number of nitrogens with one attached hydrogen (secondary N) is 1. The molecule has 13 heavy (non-hydrogen) atoms. The summed E-state index contributed by atoms with van der Waals surface area (Å²) in [5, 5.41) is 2.85. The monoisotopic (exact) mass is 206 g/mol. The first-order chi connectivity index (χ1) is 5.77. The van der Waals surface area contributed by atoms with E-state index in [9.17, 15) is 8.42 Å². The molecule has 0 aromatic carbocycles. The largest absolute Gasteiger partial charge is 0.294 e. The minimum atomic E-state index is -3.87. The van der Waals surface area contributed by atoms with Crippen LogP contribution >= 0.6 is 0 Å². The summed E-state index contributed by atoms with van der Waals surface area (Å²) < 4.78 is 29.0. The molecule has 0 bridgehead atoms. The van der Waals surface area contributed by atoms with Gasteiger partial charge in [-0.2, -0.15) is 8.42 Å². The van der Waals surface area contributed by atoms with Gasteiger partial charge in [0.1, 0.15) is 0 Å². The van der Waals surface area contributed by atoms with Crippen LogP contribution in [-0.4, -0.2) is 30.9 Å². The van der Waals surface area contributed by atoms with Crippen molar-refractivity contribution in [2.45, 2.75) is 25.9 Å². The molecule has 0 aliphatic carbocycles. The lowest BCUT2D eigenvalue weighted by atomic mass is 10.2. The molecule has 0 saturated heterocycles. The lowest BCUT2D eigenvalue weighted by molar-refractivity contribution is 0.457. The van der Waals surface area contributed by atoms with Crippen molar-refractivity contribution in [3.8, 4) is 0 Å². The SMILES string of the molecule is [C-]#[N+]C(C)(C)NCCCS(=O)(=O)O. The fourth-order valence-corrected chi connectivity index (χ4v) is 1.20. The Balaban J connectivity index is 3.66. The first-order valence-corrected chi connectivity index (χ1v) is 5.46. The Bertz CT molecular complexity index is 289. The van der Waals surface area contributed by atoms with Gasteiger partial charge in [0.05, 0.1) is 5.75 Å². The Kier molecular flexibility index (Phi) is 4.33. The smallest absolute Gasteiger partial charge is 0.280 e. The first-order valence-electron chi connectivity index (χ1n) is 3.86. The highest BCUT2D eigenvalue weighted by Crippen LogP contribution is 2.02. The van der Waals surface area contributed by atoms with Crippen molar-refractivity contribution < 1.29 is 13.0 Å². The van der Waals surface area contributed by atoms with Crippen molar-refractivity contribution in [2.75, 3.05) is 12.3 Å². The van der Waals surface area contributed by atoms with Crippen LogP contribution < -0.4 is 5.32 Å². The van der Waals surface area contributed by atoms with Gasteiger partial charge in [0.15, 0.2) is 0 Å². The van der Waals surface area contributed by atoms with E-state index in [1.165, 1.54) is 0 Å². The van der Waals surface area contributed by atoms with E-state index >= 15 is 0 Å². The molecule has 0 unspecified atom stereocenters. The van der Waals surface area contributed by atoms with Crippen LogP contribution in [0.4, 0.5) is 0 Å². The molecule has 0 spiro atoms. The van der Waals surface area contributed by atoms with Crippen molar-refractivity contribution in [3.05, 3.63) is 11.4 Å². The molecule has 76 valence electrons. The summed E-state index contributed by atoms with van der Waals surface area (Å²) in [7, 11) is -3.87. The molecule has 2 N–H and O–H groups in total. The molecule has 0 atom stereocenters. The first kappa shape index (κ1) is 12.4. The fourth-order valence-electron chi connectivity index (χ4n) is 0.688. The van der Waals surface area contributed by atoms with Crippen LogP contribution in [0.15, 0.2) is 0 Å². The maximum absolute atomic E-state index is 10.3. The molecule has 0 fully saturated rings. The Hall–Kier alpha value is -0.640. The minimum Gasteiger partial charge on any atom is -0.294 e. The summed E-state index contributed by atoms with van der Waals surface area (Å²) in [5.41, 5.74) is -0.667. The Morgan fingerprint density at radius 1 is 1.54 bits per heavy atom. The minimum absolute atomic E-state index is 0.270. The second-order valence-corrected chi connectivity index (χ2v) is 4.81. The third-order valence-electron chi connectivity index (χ3n) is 1.42. The number of hydrogen-bond acceptors (Lipinski definition) is 3. The van der Waals surface area contributed by atoms with Gasteiger partial charge in [-0.05, 0) is 6.42 Å². The van der Waals surface area contributed by atoms with Gasteiger partial charge in [-0.3, -0.25) is 9.40 Å². The second kappa shape index (κ2) is 4.56. The summed E-state index contributed by atoms with van der Waals surface area (Å²) in [6, 6.07) is 0. The normalized spacial score (nSPS) is 12.5. The molecule has 0 amide bonds. The van der Waals surface area contributed by atoms with E-state index in [-0.39, 0.29) is 5.75 Å². The molecule has 0 aliphatic heterocycles. The Morgan fingerprint density at radius 2 is 2.08 bits per heavy atom. The van der Waals surface area contributed by atoms with Gasteiger partial charge in [-0.25, -0.2) is 11.9 Å². The van der Waals surface area contributed by atoms with Gasteiger partial charge >= 0.3 is 0 Å². The maximum Gasteiger partial charge on any atom is 0.280 e. The zero-order valence-electron chi connectivity index (χ0n) is 7.74. The molecule has 0 aromatic heterocycles. The van der Waals surface area contributed by atoms with Crippen LogP contribution in [0, 0.1) is 6.57 Å². The molecule has 0 saturated carbocycles. The van der Waals surface area contributed by atoms with Crippen molar-refractivity contribution in [1.82, 2.24) is 5.32 Å². The molecular formula is C7H14N2O3S. The van der Waals surface area contributed by atoms with Crippen LogP contribution in [-0.2, 0) is 10.1 Å². The zero-order valence-corrected chi connectivity index (χ0v) is 8.56. The van der Waals surface area contributed by atoms with E-state index in [2.05, 4.69) is 10.2 Å².